The third-order valence-corrected chi connectivity index (χ3v) is 6.01. The number of carbonyl (C=O) groups is 1. The Morgan fingerprint density at radius 3 is 2.75 bits per heavy atom. The summed E-state index contributed by atoms with van der Waals surface area (Å²) in [7, 11) is 0. The molecule has 0 saturated carbocycles. The number of carbonyl (C=O) groups excluding carboxylic acids is 1. The minimum Gasteiger partial charge on any atom is -0.379 e. The fourth-order valence-electron chi connectivity index (χ4n) is 3.74. The highest BCUT2D eigenvalue weighted by Crippen LogP contribution is 2.26. The van der Waals surface area contributed by atoms with Crippen LogP contribution >= 0.6 is 11.8 Å². The Balaban J connectivity index is 1.69. The first kappa shape index (κ1) is 17.8. The van der Waals surface area contributed by atoms with Crippen LogP contribution in [0.1, 0.15) is 29.8 Å². The molecule has 2 saturated heterocycles. The van der Waals surface area contributed by atoms with Gasteiger partial charge in [-0.05, 0) is 23.3 Å². The van der Waals surface area contributed by atoms with Gasteiger partial charge in [0.2, 0.25) is 0 Å². The Kier molecular flexibility index (Phi) is 6.19. The maximum atomic E-state index is 13.1. The summed E-state index contributed by atoms with van der Waals surface area (Å²) < 4.78 is 5.47. The van der Waals surface area contributed by atoms with E-state index < -0.39 is 0 Å². The van der Waals surface area contributed by atoms with Crippen molar-refractivity contribution < 1.29 is 9.53 Å². The number of likely N-dealkylation sites (tertiary alicyclic amines) is 1. The monoisotopic (exact) mass is 348 g/mol. The molecule has 1 aromatic carbocycles. The van der Waals surface area contributed by atoms with Gasteiger partial charge in [-0.15, -0.1) is 0 Å². The van der Waals surface area contributed by atoms with Crippen LogP contribution in [0.5, 0.6) is 0 Å². The van der Waals surface area contributed by atoms with Gasteiger partial charge in [0.1, 0.15) is 0 Å². The molecular formula is C19H28N2O2S. The van der Waals surface area contributed by atoms with Crippen molar-refractivity contribution in [2.24, 2.45) is 5.92 Å². The second-order valence-corrected chi connectivity index (χ2v) is 7.97. The molecular weight excluding hydrogens is 320 g/mol. The molecule has 132 valence electrons. The number of rotatable bonds is 5. The minimum absolute atomic E-state index is 0.199. The van der Waals surface area contributed by atoms with Crippen LogP contribution in [0.15, 0.2) is 24.3 Å². The lowest BCUT2D eigenvalue weighted by Crippen LogP contribution is -2.47. The van der Waals surface area contributed by atoms with E-state index in [0.29, 0.717) is 12.0 Å². The van der Waals surface area contributed by atoms with Gasteiger partial charge >= 0.3 is 0 Å². The second kappa shape index (κ2) is 8.37. The maximum Gasteiger partial charge on any atom is 0.254 e. The Morgan fingerprint density at radius 2 is 2.00 bits per heavy atom. The van der Waals surface area contributed by atoms with Gasteiger partial charge in [0.15, 0.2) is 0 Å². The standard InChI is InChI=1S/C19H28N2O2S/c1-3-24-14-16-6-4-5-7-17(16)19(22)21-12-15(2)18(13-21)20-8-10-23-11-9-20/h4-7,15,18H,3,8-14H2,1-2H3/t15-,18+/m0/s1. The van der Waals surface area contributed by atoms with Crippen LogP contribution in [0, 0.1) is 5.92 Å². The Labute approximate surface area is 149 Å². The Bertz CT molecular complexity index is 560. The summed E-state index contributed by atoms with van der Waals surface area (Å²) >= 11 is 1.87. The van der Waals surface area contributed by atoms with E-state index in [-0.39, 0.29) is 5.91 Å². The lowest BCUT2D eigenvalue weighted by molar-refractivity contribution is 0.0119. The number of nitrogens with zero attached hydrogens (tertiary/aromatic N) is 2. The number of thioether (sulfide) groups is 1. The first-order valence-electron chi connectivity index (χ1n) is 8.97. The molecule has 5 heteroatoms. The predicted octanol–water partition coefficient (Wildman–Crippen LogP) is 2.73. The average molecular weight is 349 g/mol. The first-order chi connectivity index (χ1) is 11.7. The van der Waals surface area contributed by atoms with E-state index >= 15 is 0 Å². The zero-order valence-electron chi connectivity index (χ0n) is 14.7. The molecule has 0 spiro atoms. The summed E-state index contributed by atoms with van der Waals surface area (Å²) in [4.78, 5) is 17.6. The lowest BCUT2D eigenvalue weighted by Gasteiger charge is -2.34. The molecule has 0 N–H and O–H groups in total. The quantitative estimate of drug-likeness (QED) is 0.819. The number of ether oxygens (including phenoxy) is 1. The summed E-state index contributed by atoms with van der Waals surface area (Å²) in [5.74, 6) is 2.70. The lowest BCUT2D eigenvalue weighted by atomic mass is 10.0. The third-order valence-electron chi connectivity index (χ3n) is 5.08. The van der Waals surface area contributed by atoms with Crippen LogP contribution in [-0.2, 0) is 10.5 Å². The Morgan fingerprint density at radius 1 is 1.25 bits per heavy atom. The van der Waals surface area contributed by atoms with Gasteiger partial charge in [0.05, 0.1) is 13.2 Å². The van der Waals surface area contributed by atoms with Crippen LogP contribution in [-0.4, -0.2) is 66.9 Å². The summed E-state index contributed by atoms with van der Waals surface area (Å²) in [5, 5.41) is 0. The number of benzene rings is 1. The van der Waals surface area contributed by atoms with Crippen LogP contribution in [0.2, 0.25) is 0 Å². The molecule has 2 aliphatic heterocycles. The van der Waals surface area contributed by atoms with Crippen LogP contribution in [0.3, 0.4) is 0 Å². The molecule has 24 heavy (non-hydrogen) atoms. The summed E-state index contributed by atoms with van der Waals surface area (Å²) in [6.07, 6.45) is 0. The van der Waals surface area contributed by atoms with Gasteiger partial charge in [0.25, 0.3) is 5.91 Å². The van der Waals surface area contributed by atoms with Crippen molar-refractivity contribution in [3.63, 3.8) is 0 Å². The molecule has 2 heterocycles. The van der Waals surface area contributed by atoms with Crippen molar-refractivity contribution in [3.05, 3.63) is 35.4 Å². The highest BCUT2D eigenvalue weighted by Gasteiger charge is 2.37. The summed E-state index contributed by atoms with van der Waals surface area (Å²) in [5.41, 5.74) is 2.05. The smallest absolute Gasteiger partial charge is 0.254 e. The predicted molar refractivity (Wildman–Crippen MR) is 99.5 cm³/mol. The van der Waals surface area contributed by atoms with Crippen molar-refractivity contribution in [1.82, 2.24) is 9.80 Å². The van der Waals surface area contributed by atoms with E-state index in [9.17, 15) is 4.79 Å². The first-order valence-corrected chi connectivity index (χ1v) is 10.1. The number of amides is 1. The van der Waals surface area contributed by atoms with Gasteiger partial charge in [-0.1, -0.05) is 32.0 Å². The topological polar surface area (TPSA) is 32.8 Å². The van der Waals surface area contributed by atoms with E-state index in [4.69, 9.17) is 4.74 Å². The van der Waals surface area contributed by atoms with Crippen LogP contribution in [0.25, 0.3) is 0 Å². The fourth-order valence-corrected chi connectivity index (χ4v) is 4.41. The van der Waals surface area contributed by atoms with Crippen molar-refractivity contribution in [3.8, 4) is 0 Å². The molecule has 0 bridgehead atoms. The molecule has 1 aromatic rings. The minimum atomic E-state index is 0.199. The average Bonchev–Trinajstić information content (AvgIpc) is 3.02. The zero-order valence-corrected chi connectivity index (χ0v) is 15.6. The largest absolute Gasteiger partial charge is 0.379 e. The molecule has 3 rings (SSSR count). The number of hydrogen-bond acceptors (Lipinski definition) is 4. The van der Waals surface area contributed by atoms with E-state index in [1.165, 1.54) is 0 Å². The Hall–Kier alpha value is -1.04. The summed E-state index contributed by atoms with van der Waals surface area (Å²) in [6, 6.07) is 8.56. The summed E-state index contributed by atoms with van der Waals surface area (Å²) in [6.45, 7) is 9.73. The molecule has 0 aliphatic carbocycles. The third kappa shape index (κ3) is 3.95. The highest BCUT2D eigenvalue weighted by molar-refractivity contribution is 7.98. The number of morpholine rings is 1. The van der Waals surface area contributed by atoms with Gasteiger partial charge in [-0.2, -0.15) is 11.8 Å². The molecule has 2 fully saturated rings. The highest BCUT2D eigenvalue weighted by atomic mass is 32.2. The van der Waals surface area contributed by atoms with Gasteiger partial charge in [-0.25, -0.2) is 0 Å². The molecule has 2 aliphatic rings. The molecule has 4 nitrogen and oxygen atoms in total. The van der Waals surface area contributed by atoms with Crippen LogP contribution in [0.4, 0.5) is 0 Å². The van der Waals surface area contributed by atoms with Crippen molar-refractivity contribution in [2.75, 3.05) is 45.1 Å². The van der Waals surface area contributed by atoms with E-state index in [1.54, 1.807) is 0 Å². The zero-order chi connectivity index (χ0) is 16.9. The van der Waals surface area contributed by atoms with E-state index in [2.05, 4.69) is 29.7 Å². The van der Waals surface area contributed by atoms with Gasteiger partial charge < -0.3 is 9.64 Å². The molecule has 0 aromatic heterocycles. The second-order valence-electron chi connectivity index (χ2n) is 6.70. The molecule has 0 unspecified atom stereocenters. The molecule has 0 radical (unpaired) electrons. The van der Waals surface area contributed by atoms with Crippen molar-refractivity contribution in [2.45, 2.75) is 25.6 Å². The molecule has 1 amide bonds. The van der Waals surface area contributed by atoms with Gasteiger partial charge in [0, 0.05) is 43.5 Å². The SMILES string of the molecule is CCSCc1ccccc1C(=O)N1C[C@@H](N2CCOCC2)[C@@H](C)C1. The van der Waals surface area contributed by atoms with E-state index in [0.717, 1.165) is 62.0 Å². The van der Waals surface area contributed by atoms with Crippen molar-refractivity contribution >= 4 is 17.7 Å². The fraction of sp³-hybridized carbons (Fsp3) is 0.632. The normalized spacial score (nSPS) is 25.2. The van der Waals surface area contributed by atoms with E-state index in [1.807, 2.05) is 30.0 Å². The van der Waals surface area contributed by atoms with Crippen LogP contribution < -0.4 is 0 Å². The number of hydrogen-bond donors (Lipinski definition) is 0. The van der Waals surface area contributed by atoms with Crippen molar-refractivity contribution in [1.29, 1.82) is 0 Å². The molecule has 2 atom stereocenters. The van der Waals surface area contributed by atoms with Gasteiger partial charge in [-0.3, -0.25) is 9.69 Å². The maximum absolute atomic E-state index is 13.1.